The lowest BCUT2D eigenvalue weighted by Gasteiger charge is -2.07. The molecule has 0 saturated carbocycles. The predicted octanol–water partition coefficient (Wildman–Crippen LogP) is 3.24. The van der Waals surface area contributed by atoms with Gasteiger partial charge in [-0.15, -0.1) is 11.3 Å². The van der Waals surface area contributed by atoms with Crippen LogP contribution in [0, 0.1) is 0 Å². The average molecular weight is 330 g/mol. The molecule has 0 atom stereocenters. The standard InChI is InChI=1S/C17H22N4OS/c1-2-22-10-13-21-15-16(23-13)14-11(6-3-4-9-18)7-5-8-12(14)20-17(15)19/h5,7-8H,2-4,6,9-10,18H2,1H3,(H2,19,20). The van der Waals surface area contributed by atoms with Crippen LogP contribution in [-0.2, 0) is 17.8 Å². The van der Waals surface area contributed by atoms with Gasteiger partial charge in [-0.25, -0.2) is 9.97 Å². The van der Waals surface area contributed by atoms with Gasteiger partial charge in [0.2, 0.25) is 0 Å². The van der Waals surface area contributed by atoms with Gasteiger partial charge >= 0.3 is 0 Å². The lowest BCUT2D eigenvalue weighted by atomic mass is 10.0. The number of unbranched alkanes of at least 4 members (excludes halogenated alkanes) is 1. The van der Waals surface area contributed by atoms with E-state index in [1.54, 1.807) is 11.3 Å². The molecule has 1 aromatic carbocycles. The van der Waals surface area contributed by atoms with Crippen molar-refractivity contribution in [3.63, 3.8) is 0 Å². The first-order valence-electron chi connectivity index (χ1n) is 7.99. The highest BCUT2D eigenvalue weighted by Gasteiger charge is 2.15. The van der Waals surface area contributed by atoms with Crippen molar-refractivity contribution >= 4 is 38.3 Å². The number of pyridine rings is 1. The first kappa shape index (κ1) is 16.1. The van der Waals surface area contributed by atoms with Crippen LogP contribution < -0.4 is 11.5 Å². The highest BCUT2D eigenvalue weighted by molar-refractivity contribution is 7.19. The number of nitrogen functional groups attached to an aromatic ring is 1. The minimum absolute atomic E-state index is 0.491. The highest BCUT2D eigenvalue weighted by Crippen LogP contribution is 2.35. The zero-order valence-electron chi connectivity index (χ0n) is 13.3. The van der Waals surface area contributed by atoms with Gasteiger partial charge in [0.05, 0.1) is 16.8 Å². The van der Waals surface area contributed by atoms with Crippen LogP contribution in [0.4, 0.5) is 5.82 Å². The molecule has 0 aliphatic heterocycles. The maximum Gasteiger partial charge on any atom is 0.151 e. The summed E-state index contributed by atoms with van der Waals surface area (Å²) in [6.07, 6.45) is 3.10. The first-order chi connectivity index (χ1) is 11.2. The van der Waals surface area contributed by atoms with E-state index in [-0.39, 0.29) is 0 Å². The summed E-state index contributed by atoms with van der Waals surface area (Å²) >= 11 is 1.65. The molecule has 0 aliphatic rings. The number of anilines is 1. The molecule has 6 heteroatoms. The third-order valence-corrected chi connectivity index (χ3v) is 4.89. The van der Waals surface area contributed by atoms with Crippen LogP contribution in [0.2, 0.25) is 0 Å². The molecule has 0 spiro atoms. The first-order valence-corrected chi connectivity index (χ1v) is 8.80. The molecule has 2 heterocycles. The molecule has 122 valence electrons. The Bertz CT molecular complexity index is 815. The fourth-order valence-electron chi connectivity index (χ4n) is 2.75. The summed E-state index contributed by atoms with van der Waals surface area (Å²) in [7, 11) is 0. The van der Waals surface area contributed by atoms with Crippen molar-refractivity contribution in [3.8, 4) is 0 Å². The monoisotopic (exact) mass is 330 g/mol. The molecular formula is C17H22N4OS. The number of aryl methyl sites for hydroxylation is 1. The second kappa shape index (κ2) is 7.21. The number of benzene rings is 1. The van der Waals surface area contributed by atoms with Gasteiger partial charge in [-0.1, -0.05) is 12.1 Å². The number of hydrogen-bond donors (Lipinski definition) is 2. The zero-order chi connectivity index (χ0) is 16.2. The van der Waals surface area contributed by atoms with Crippen molar-refractivity contribution in [2.24, 2.45) is 5.73 Å². The van der Waals surface area contributed by atoms with Crippen molar-refractivity contribution in [2.75, 3.05) is 18.9 Å². The van der Waals surface area contributed by atoms with Crippen LogP contribution in [0.3, 0.4) is 0 Å². The number of hydrogen-bond acceptors (Lipinski definition) is 6. The number of thiazole rings is 1. The Kier molecular flexibility index (Phi) is 5.05. The summed E-state index contributed by atoms with van der Waals surface area (Å²) in [6.45, 7) is 3.90. The van der Waals surface area contributed by atoms with E-state index in [0.717, 1.165) is 46.5 Å². The summed E-state index contributed by atoms with van der Waals surface area (Å²) in [5.74, 6) is 0.491. The van der Waals surface area contributed by atoms with Crippen molar-refractivity contribution in [1.82, 2.24) is 9.97 Å². The Morgan fingerprint density at radius 2 is 2.09 bits per heavy atom. The maximum atomic E-state index is 6.11. The topological polar surface area (TPSA) is 87.0 Å². The van der Waals surface area contributed by atoms with Crippen molar-refractivity contribution in [1.29, 1.82) is 0 Å². The van der Waals surface area contributed by atoms with E-state index in [4.69, 9.17) is 16.2 Å². The molecule has 0 radical (unpaired) electrons. The molecule has 0 fully saturated rings. The summed E-state index contributed by atoms with van der Waals surface area (Å²) in [6, 6.07) is 6.22. The van der Waals surface area contributed by atoms with Gasteiger partial charge in [0, 0.05) is 12.0 Å². The lowest BCUT2D eigenvalue weighted by Crippen LogP contribution is -2.00. The minimum Gasteiger partial charge on any atom is -0.382 e. The quantitative estimate of drug-likeness (QED) is 0.649. The zero-order valence-corrected chi connectivity index (χ0v) is 14.2. The van der Waals surface area contributed by atoms with Crippen molar-refractivity contribution in [3.05, 3.63) is 28.8 Å². The van der Waals surface area contributed by atoms with Gasteiger partial charge in [-0.3, -0.25) is 0 Å². The van der Waals surface area contributed by atoms with Crippen molar-refractivity contribution < 1.29 is 4.74 Å². The third-order valence-electron chi connectivity index (χ3n) is 3.84. The number of nitrogens with two attached hydrogens (primary N) is 2. The Morgan fingerprint density at radius 1 is 1.22 bits per heavy atom. The fraction of sp³-hybridized carbons (Fsp3) is 0.412. The van der Waals surface area contributed by atoms with E-state index in [9.17, 15) is 0 Å². The van der Waals surface area contributed by atoms with Gasteiger partial charge in [0.15, 0.2) is 5.82 Å². The van der Waals surface area contributed by atoms with Crippen LogP contribution in [0.25, 0.3) is 21.1 Å². The Hall–Kier alpha value is -1.76. The van der Waals surface area contributed by atoms with Gasteiger partial charge < -0.3 is 16.2 Å². The van der Waals surface area contributed by atoms with Gasteiger partial charge in [-0.2, -0.15) is 0 Å². The van der Waals surface area contributed by atoms with Crippen LogP contribution in [0.1, 0.15) is 30.3 Å². The molecule has 23 heavy (non-hydrogen) atoms. The second-order valence-electron chi connectivity index (χ2n) is 5.48. The van der Waals surface area contributed by atoms with E-state index in [1.807, 2.05) is 19.1 Å². The second-order valence-corrected chi connectivity index (χ2v) is 6.56. The van der Waals surface area contributed by atoms with E-state index < -0.39 is 0 Å². The fourth-order valence-corrected chi connectivity index (χ4v) is 3.85. The molecule has 3 rings (SSSR count). The molecule has 0 amide bonds. The molecule has 0 saturated heterocycles. The molecular weight excluding hydrogens is 308 g/mol. The largest absolute Gasteiger partial charge is 0.382 e. The smallest absolute Gasteiger partial charge is 0.151 e. The summed E-state index contributed by atoms with van der Waals surface area (Å²) in [5.41, 5.74) is 14.8. The van der Waals surface area contributed by atoms with E-state index in [1.165, 1.54) is 10.9 Å². The van der Waals surface area contributed by atoms with Gasteiger partial charge in [-0.05, 0) is 44.4 Å². The molecule has 5 nitrogen and oxygen atoms in total. The van der Waals surface area contributed by atoms with Crippen molar-refractivity contribution in [2.45, 2.75) is 32.8 Å². The van der Waals surface area contributed by atoms with Crippen LogP contribution in [-0.4, -0.2) is 23.1 Å². The Balaban J connectivity index is 2.12. The lowest BCUT2D eigenvalue weighted by molar-refractivity contribution is 0.134. The summed E-state index contributed by atoms with van der Waals surface area (Å²) < 4.78 is 6.60. The average Bonchev–Trinajstić information content (AvgIpc) is 2.98. The normalized spacial score (nSPS) is 11.6. The molecule has 0 aliphatic carbocycles. The number of ether oxygens (including phenoxy) is 1. The molecule has 0 unspecified atom stereocenters. The highest BCUT2D eigenvalue weighted by atomic mass is 32.1. The maximum absolute atomic E-state index is 6.11. The molecule has 4 N–H and O–H groups in total. The van der Waals surface area contributed by atoms with Crippen LogP contribution in [0.15, 0.2) is 18.2 Å². The van der Waals surface area contributed by atoms with Crippen LogP contribution in [0.5, 0.6) is 0 Å². The SMILES string of the molecule is CCOCc1nc2c(N)nc3cccc(CCCCN)c3c2s1. The molecule has 3 aromatic rings. The summed E-state index contributed by atoms with van der Waals surface area (Å²) in [4.78, 5) is 9.17. The number of rotatable bonds is 7. The molecule has 2 aromatic heterocycles. The van der Waals surface area contributed by atoms with Gasteiger partial charge in [0.25, 0.3) is 0 Å². The predicted molar refractivity (Wildman–Crippen MR) is 96.7 cm³/mol. The van der Waals surface area contributed by atoms with Crippen LogP contribution >= 0.6 is 11.3 Å². The number of nitrogens with zero attached hydrogens (tertiary/aromatic N) is 2. The minimum atomic E-state index is 0.491. The van der Waals surface area contributed by atoms with Gasteiger partial charge in [0.1, 0.15) is 10.5 Å². The third kappa shape index (κ3) is 3.29. The van der Waals surface area contributed by atoms with E-state index >= 15 is 0 Å². The number of aromatic nitrogens is 2. The Labute approximate surface area is 139 Å². The molecule has 0 bridgehead atoms. The van der Waals surface area contributed by atoms with E-state index in [2.05, 4.69) is 16.0 Å². The van der Waals surface area contributed by atoms with E-state index in [0.29, 0.717) is 19.0 Å². The summed E-state index contributed by atoms with van der Waals surface area (Å²) in [5, 5.41) is 2.12. The number of fused-ring (bicyclic) bond motifs is 3. The Morgan fingerprint density at radius 3 is 2.87 bits per heavy atom.